The van der Waals surface area contributed by atoms with Crippen molar-refractivity contribution in [3.05, 3.63) is 47.7 Å². The molecule has 2 aromatic rings. The first-order chi connectivity index (χ1) is 10.1. The van der Waals surface area contributed by atoms with Crippen molar-refractivity contribution in [3.8, 4) is 11.1 Å². The Morgan fingerprint density at radius 1 is 0.364 bits per heavy atom. The highest BCUT2D eigenvalue weighted by molar-refractivity contribution is 14.1. The normalized spacial score (nSPS) is 11.2. The van der Waals surface area contributed by atoms with Gasteiger partial charge in [0.25, 0.3) is 0 Å². The highest BCUT2D eigenvalue weighted by Crippen LogP contribution is 2.42. The third-order valence-corrected chi connectivity index (χ3v) is 10.9. The molecule has 0 radical (unpaired) electrons. The Labute approximate surface area is 188 Å². The van der Waals surface area contributed by atoms with Crippen molar-refractivity contribution in [2.24, 2.45) is 0 Å². The van der Waals surface area contributed by atoms with Crippen LogP contribution in [0, 0.1) is 55.8 Å². The molecule has 0 saturated heterocycles. The van der Waals surface area contributed by atoms with Crippen molar-refractivity contribution in [2.75, 3.05) is 0 Å². The summed E-state index contributed by atoms with van der Waals surface area (Å²) in [5, 5.41) is 0. The van der Waals surface area contributed by atoms with E-state index in [9.17, 15) is 0 Å². The van der Waals surface area contributed by atoms with Gasteiger partial charge in [-0.05, 0) is 176 Å². The topological polar surface area (TPSA) is 0 Å². The maximum Gasteiger partial charge on any atom is 0.0205 e. The van der Waals surface area contributed by atoms with Crippen LogP contribution in [0.3, 0.4) is 0 Å². The van der Waals surface area contributed by atoms with Crippen LogP contribution in [-0.4, -0.2) is 0 Å². The summed E-state index contributed by atoms with van der Waals surface area (Å²) in [6, 6.07) is 0. The van der Waals surface area contributed by atoms with E-state index in [4.69, 9.17) is 0 Å². The van der Waals surface area contributed by atoms with Crippen molar-refractivity contribution in [3.63, 3.8) is 0 Å². The monoisotopic (exact) mass is 742 g/mol. The van der Waals surface area contributed by atoms with E-state index in [1.165, 1.54) is 58.8 Å². The number of hydrogen-bond acceptors (Lipinski definition) is 0. The molecule has 0 aliphatic carbocycles. The van der Waals surface area contributed by atoms with E-state index in [2.05, 4.69) is 132 Å². The summed E-state index contributed by atoms with van der Waals surface area (Å²) in [4.78, 5) is 0. The molecule has 2 rings (SSSR count). The minimum absolute atomic E-state index is 1.40. The predicted molar refractivity (Wildman–Crippen MR) is 131 cm³/mol. The van der Waals surface area contributed by atoms with E-state index in [-0.39, 0.29) is 0 Å². The molecule has 0 atom stereocenters. The van der Waals surface area contributed by atoms with Gasteiger partial charge in [-0.15, -0.1) is 0 Å². The molecule has 22 heavy (non-hydrogen) atoms. The van der Waals surface area contributed by atoms with Gasteiger partial charge in [-0.2, -0.15) is 0 Å². The maximum absolute atomic E-state index is 2.50. The summed E-state index contributed by atoms with van der Waals surface area (Å²) in [5.74, 6) is 0. The molecule has 0 aliphatic heterocycles. The summed E-state index contributed by atoms with van der Waals surface area (Å²) in [7, 11) is 0. The molecule has 4 heteroatoms. The fourth-order valence-electron chi connectivity index (χ4n) is 3.07. The van der Waals surface area contributed by atoms with Crippen LogP contribution in [0.5, 0.6) is 0 Å². The average Bonchev–Trinajstić information content (AvgIpc) is 2.50. The third-order valence-electron chi connectivity index (χ3n) is 4.38. The molecule has 0 saturated carbocycles. The van der Waals surface area contributed by atoms with Crippen molar-refractivity contribution in [1.29, 1.82) is 0 Å². The summed E-state index contributed by atoms with van der Waals surface area (Å²) in [5.41, 5.74) is 11.3. The lowest BCUT2D eigenvalue weighted by molar-refractivity contribution is 1.21. The van der Waals surface area contributed by atoms with Gasteiger partial charge in [-0.3, -0.25) is 0 Å². The van der Waals surface area contributed by atoms with Crippen LogP contribution < -0.4 is 0 Å². The molecule has 0 amide bonds. The zero-order valence-electron chi connectivity index (χ0n) is 13.5. The molecule has 0 nitrogen and oxygen atoms in total. The average molecular weight is 742 g/mol. The van der Waals surface area contributed by atoms with Crippen LogP contribution >= 0.6 is 90.4 Å². The molecule has 0 fully saturated rings. The SMILES string of the molecule is Cc1c(I)c(C)c(-c2c(C)c(I)c(C)c(I)c2C)c(C)c1I. The van der Waals surface area contributed by atoms with Gasteiger partial charge in [0.05, 0.1) is 0 Å². The summed E-state index contributed by atoms with van der Waals surface area (Å²) < 4.78 is 5.58. The van der Waals surface area contributed by atoms with Crippen molar-refractivity contribution >= 4 is 90.4 Å². The second-order valence-electron chi connectivity index (χ2n) is 5.76. The van der Waals surface area contributed by atoms with Gasteiger partial charge in [0.15, 0.2) is 0 Å². The Bertz CT molecular complexity index is 663. The van der Waals surface area contributed by atoms with Crippen molar-refractivity contribution in [2.45, 2.75) is 41.5 Å². The Kier molecular flexibility index (Phi) is 6.54. The standard InChI is InChI=1S/C18H18I4/c1-7-13(8(2)16(20)11(5)15(7)19)14-9(3)17(21)12(6)18(22)10(14)4/h1-6H3. The van der Waals surface area contributed by atoms with Crippen LogP contribution in [0.1, 0.15) is 33.4 Å². The zero-order valence-corrected chi connectivity index (χ0v) is 22.1. The Balaban J connectivity index is 3.03. The second kappa shape index (κ2) is 7.31. The smallest absolute Gasteiger partial charge is 0.0205 e. The molecule has 0 aliphatic rings. The highest BCUT2D eigenvalue weighted by atomic mass is 127. The van der Waals surface area contributed by atoms with E-state index < -0.39 is 0 Å². The minimum Gasteiger partial charge on any atom is -0.0437 e. The summed E-state index contributed by atoms with van der Waals surface area (Å²) >= 11 is 10.0. The van der Waals surface area contributed by atoms with E-state index in [1.54, 1.807) is 0 Å². The first-order valence-corrected chi connectivity index (χ1v) is 11.3. The predicted octanol–water partition coefficient (Wildman–Crippen LogP) is 7.62. The quantitative estimate of drug-likeness (QED) is 0.264. The number of rotatable bonds is 1. The fraction of sp³-hybridized carbons (Fsp3) is 0.333. The first-order valence-electron chi connectivity index (χ1n) is 7.01. The molecular weight excluding hydrogens is 724 g/mol. The van der Waals surface area contributed by atoms with Gasteiger partial charge in [-0.25, -0.2) is 0 Å². The Morgan fingerprint density at radius 2 is 0.545 bits per heavy atom. The van der Waals surface area contributed by atoms with Crippen LogP contribution in [-0.2, 0) is 0 Å². The third kappa shape index (κ3) is 3.11. The van der Waals surface area contributed by atoms with Gasteiger partial charge >= 0.3 is 0 Å². The van der Waals surface area contributed by atoms with Gasteiger partial charge in [0, 0.05) is 14.3 Å². The molecule has 0 unspecified atom stereocenters. The Hall–Kier alpha value is 1.36. The molecule has 0 spiro atoms. The van der Waals surface area contributed by atoms with Crippen LogP contribution in [0.15, 0.2) is 0 Å². The first kappa shape index (κ1) is 19.7. The van der Waals surface area contributed by atoms with Crippen LogP contribution in [0.2, 0.25) is 0 Å². The highest BCUT2D eigenvalue weighted by Gasteiger charge is 2.21. The number of benzene rings is 2. The van der Waals surface area contributed by atoms with Gasteiger partial charge in [0.1, 0.15) is 0 Å². The summed E-state index contributed by atoms with van der Waals surface area (Å²) in [6.07, 6.45) is 0. The van der Waals surface area contributed by atoms with E-state index >= 15 is 0 Å². The lowest BCUT2D eigenvalue weighted by atomic mass is 9.87. The minimum atomic E-state index is 1.40. The lowest BCUT2D eigenvalue weighted by Crippen LogP contribution is -2.05. The number of hydrogen-bond donors (Lipinski definition) is 0. The molecule has 118 valence electrons. The number of halogens is 4. The van der Waals surface area contributed by atoms with Crippen LogP contribution in [0.25, 0.3) is 11.1 Å². The van der Waals surface area contributed by atoms with E-state index in [0.717, 1.165) is 0 Å². The lowest BCUT2D eigenvalue weighted by Gasteiger charge is -2.23. The van der Waals surface area contributed by atoms with Gasteiger partial charge in [0.2, 0.25) is 0 Å². The molecule has 0 N–H and O–H groups in total. The van der Waals surface area contributed by atoms with Crippen LogP contribution in [0.4, 0.5) is 0 Å². The van der Waals surface area contributed by atoms with Gasteiger partial charge in [-0.1, -0.05) is 0 Å². The van der Waals surface area contributed by atoms with E-state index in [0.29, 0.717) is 0 Å². The maximum atomic E-state index is 2.50. The fourth-order valence-corrected chi connectivity index (χ4v) is 6.26. The van der Waals surface area contributed by atoms with Gasteiger partial charge < -0.3 is 0 Å². The molecule has 0 aromatic heterocycles. The molecular formula is C18H18I4. The van der Waals surface area contributed by atoms with Crippen molar-refractivity contribution < 1.29 is 0 Å². The molecule has 2 aromatic carbocycles. The molecule has 0 bridgehead atoms. The summed E-state index contributed by atoms with van der Waals surface area (Å²) in [6.45, 7) is 13.5. The van der Waals surface area contributed by atoms with Crippen molar-refractivity contribution in [1.82, 2.24) is 0 Å². The molecule has 0 heterocycles. The van der Waals surface area contributed by atoms with E-state index in [1.807, 2.05) is 0 Å². The zero-order chi connectivity index (χ0) is 16.9. The second-order valence-corrected chi connectivity index (χ2v) is 10.1. The largest absolute Gasteiger partial charge is 0.0437 e. The Morgan fingerprint density at radius 3 is 0.727 bits per heavy atom.